The fourth-order valence-electron chi connectivity index (χ4n) is 2.54. The van der Waals surface area contributed by atoms with Crippen LogP contribution in [0.5, 0.6) is 0 Å². The monoisotopic (exact) mass is 299 g/mol. The van der Waals surface area contributed by atoms with Crippen molar-refractivity contribution >= 4 is 11.6 Å². The third-order valence-electron chi connectivity index (χ3n) is 3.66. The molecule has 0 spiro atoms. The molecule has 0 atom stereocenters. The topological polar surface area (TPSA) is 88.0 Å². The molecule has 22 heavy (non-hydrogen) atoms. The summed E-state index contributed by atoms with van der Waals surface area (Å²) < 4.78 is 4.46. The zero-order valence-electron chi connectivity index (χ0n) is 12.1. The van der Waals surface area contributed by atoms with Gasteiger partial charge in [0, 0.05) is 17.7 Å². The maximum absolute atomic E-state index is 12.0. The van der Waals surface area contributed by atoms with Gasteiger partial charge in [0.2, 0.25) is 5.91 Å². The van der Waals surface area contributed by atoms with Gasteiger partial charge in [-0.15, -0.1) is 0 Å². The minimum atomic E-state index is -0.590. The predicted octanol–water partition coefficient (Wildman–Crippen LogP) is 2.86. The van der Waals surface area contributed by atoms with Gasteiger partial charge in [0.1, 0.15) is 0 Å². The van der Waals surface area contributed by atoms with Crippen molar-refractivity contribution in [3.05, 3.63) is 46.5 Å². The average Bonchev–Trinajstić information content (AvgIpc) is 2.95. The molecule has 1 aromatic heterocycles. The summed E-state index contributed by atoms with van der Waals surface area (Å²) in [7, 11) is 0. The van der Waals surface area contributed by atoms with Crippen molar-refractivity contribution in [1.29, 1.82) is 0 Å². The quantitative estimate of drug-likeness (QED) is 0.850. The van der Waals surface area contributed by atoms with Crippen molar-refractivity contribution in [3.8, 4) is 11.4 Å². The molecule has 0 radical (unpaired) electrons. The zero-order chi connectivity index (χ0) is 15.4. The number of rotatable bonds is 4. The SMILES string of the molecule is O=C(CC1=CCCCC1)Nc1ccc(-c2noc(=O)[nH]2)cc1. The highest BCUT2D eigenvalue weighted by molar-refractivity contribution is 5.92. The first-order valence-electron chi connectivity index (χ1n) is 7.35. The van der Waals surface area contributed by atoms with Crippen LogP contribution in [0.2, 0.25) is 0 Å². The van der Waals surface area contributed by atoms with Gasteiger partial charge < -0.3 is 5.32 Å². The van der Waals surface area contributed by atoms with Crippen LogP contribution in [0.3, 0.4) is 0 Å². The molecule has 6 heteroatoms. The molecular weight excluding hydrogens is 282 g/mol. The Labute approximate surface area is 127 Å². The fraction of sp³-hybridized carbons (Fsp3) is 0.312. The van der Waals surface area contributed by atoms with Crippen LogP contribution >= 0.6 is 0 Å². The Balaban J connectivity index is 1.62. The molecule has 1 aliphatic carbocycles. The second-order valence-corrected chi connectivity index (χ2v) is 5.35. The smallest absolute Gasteiger partial charge is 0.326 e. The lowest BCUT2D eigenvalue weighted by Gasteiger charge is -2.12. The molecule has 1 aliphatic rings. The Kier molecular flexibility index (Phi) is 4.18. The second-order valence-electron chi connectivity index (χ2n) is 5.35. The summed E-state index contributed by atoms with van der Waals surface area (Å²) in [5, 5.41) is 6.49. The lowest BCUT2D eigenvalue weighted by atomic mass is 9.97. The number of benzene rings is 1. The minimum Gasteiger partial charge on any atom is -0.326 e. The number of amides is 1. The first-order chi connectivity index (χ1) is 10.7. The van der Waals surface area contributed by atoms with Crippen LogP contribution in [-0.2, 0) is 4.79 Å². The molecule has 0 saturated carbocycles. The number of nitrogens with zero attached hydrogens (tertiary/aromatic N) is 1. The van der Waals surface area contributed by atoms with E-state index in [0.29, 0.717) is 12.2 Å². The maximum atomic E-state index is 12.0. The molecule has 2 aromatic rings. The number of hydrogen-bond acceptors (Lipinski definition) is 4. The Morgan fingerprint density at radius 1 is 1.27 bits per heavy atom. The number of carbonyl (C=O) groups is 1. The Bertz CT molecular complexity index is 740. The van der Waals surface area contributed by atoms with Crippen molar-refractivity contribution in [2.45, 2.75) is 32.1 Å². The number of H-pyrrole nitrogens is 1. The summed E-state index contributed by atoms with van der Waals surface area (Å²) in [6.45, 7) is 0. The van der Waals surface area contributed by atoms with Crippen molar-refractivity contribution in [2.75, 3.05) is 5.32 Å². The number of carbonyl (C=O) groups excluding carboxylic acids is 1. The van der Waals surface area contributed by atoms with Gasteiger partial charge in [0.15, 0.2) is 5.82 Å². The van der Waals surface area contributed by atoms with E-state index in [1.807, 2.05) is 0 Å². The largest absolute Gasteiger partial charge is 0.439 e. The fourth-order valence-corrected chi connectivity index (χ4v) is 2.54. The molecule has 0 bridgehead atoms. The summed E-state index contributed by atoms with van der Waals surface area (Å²) in [4.78, 5) is 25.4. The summed E-state index contributed by atoms with van der Waals surface area (Å²) in [5.41, 5.74) is 2.66. The molecule has 0 aliphatic heterocycles. The molecule has 114 valence electrons. The van der Waals surface area contributed by atoms with Gasteiger partial charge in [-0.2, -0.15) is 0 Å². The van der Waals surface area contributed by atoms with E-state index in [2.05, 4.69) is 26.1 Å². The molecule has 0 fully saturated rings. The van der Waals surface area contributed by atoms with E-state index in [1.54, 1.807) is 24.3 Å². The lowest BCUT2D eigenvalue weighted by Crippen LogP contribution is -2.13. The van der Waals surface area contributed by atoms with Gasteiger partial charge in [-0.05, 0) is 49.9 Å². The van der Waals surface area contributed by atoms with Crippen LogP contribution in [0, 0.1) is 0 Å². The van der Waals surface area contributed by atoms with E-state index in [-0.39, 0.29) is 5.91 Å². The van der Waals surface area contributed by atoms with Crippen LogP contribution in [0.4, 0.5) is 5.69 Å². The molecule has 1 aromatic carbocycles. The molecule has 6 nitrogen and oxygen atoms in total. The van der Waals surface area contributed by atoms with E-state index in [0.717, 1.165) is 24.1 Å². The number of hydrogen-bond donors (Lipinski definition) is 2. The highest BCUT2D eigenvalue weighted by Gasteiger charge is 2.10. The molecule has 0 saturated heterocycles. The lowest BCUT2D eigenvalue weighted by molar-refractivity contribution is -0.115. The first-order valence-corrected chi connectivity index (χ1v) is 7.35. The third kappa shape index (κ3) is 3.52. The van der Waals surface area contributed by atoms with Gasteiger partial charge in [-0.25, -0.2) is 4.79 Å². The molecule has 1 heterocycles. The van der Waals surface area contributed by atoms with Crippen molar-refractivity contribution < 1.29 is 9.32 Å². The predicted molar refractivity (Wildman–Crippen MR) is 82.4 cm³/mol. The van der Waals surface area contributed by atoms with Crippen LogP contribution in [0.1, 0.15) is 32.1 Å². The number of allylic oxidation sites excluding steroid dienone is 1. The molecule has 1 amide bonds. The van der Waals surface area contributed by atoms with Gasteiger partial charge in [-0.3, -0.25) is 14.3 Å². The van der Waals surface area contributed by atoms with E-state index < -0.39 is 5.76 Å². The summed E-state index contributed by atoms with van der Waals surface area (Å²) in [6, 6.07) is 7.08. The van der Waals surface area contributed by atoms with E-state index in [1.165, 1.54) is 18.4 Å². The molecule has 3 rings (SSSR count). The van der Waals surface area contributed by atoms with Gasteiger partial charge in [0.05, 0.1) is 0 Å². The molecule has 0 unspecified atom stereocenters. The Morgan fingerprint density at radius 2 is 2.09 bits per heavy atom. The number of anilines is 1. The summed E-state index contributed by atoms with van der Waals surface area (Å²) >= 11 is 0. The number of aromatic amines is 1. The summed E-state index contributed by atoms with van der Waals surface area (Å²) in [5.74, 6) is -0.223. The number of aromatic nitrogens is 2. The van der Waals surface area contributed by atoms with E-state index >= 15 is 0 Å². The first kappa shape index (κ1) is 14.3. The van der Waals surface area contributed by atoms with Crippen LogP contribution in [-0.4, -0.2) is 16.0 Å². The minimum absolute atomic E-state index is 0.00394. The van der Waals surface area contributed by atoms with Gasteiger partial charge >= 0.3 is 5.76 Å². The maximum Gasteiger partial charge on any atom is 0.439 e. The zero-order valence-corrected chi connectivity index (χ0v) is 12.1. The van der Waals surface area contributed by atoms with Gasteiger partial charge in [-0.1, -0.05) is 16.8 Å². The number of nitrogens with one attached hydrogen (secondary N) is 2. The van der Waals surface area contributed by atoms with Crippen molar-refractivity contribution in [1.82, 2.24) is 10.1 Å². The van der Waals surface area contributed by atoms with Crippen molar-refractivity contribution in [3.63, 3.8) is 0 Å². The normalized spacial score (nSPS) is 14.5. The highest BCUT2D eigenvalue weighted by Crippen LogP contribution is 2.21. The highest BCUT2D eigenvalue weighted by atomic mass is 16.5. The van der Waals surface area contributed by atoms with E-state index in [4.69, 9.17) is 0 Å². The molecular formula is C16H17N3O3. The third-order valence-corrected chi connectivity index (χ3v) is 3.66. The van der Waals surface area contributed by atoms with Crippen LogP contribution in [0.25, 0.3) is 11.4 Å². The van der Waals surface area contributed by atoms with Crippen molar-refractivity contribution in [2.24, 2.45) is 0 Å². The van der Waals surface area contributed by atoms with Gasteiger partial charge in [0.25, 0.3) is 0 Å². The average molecular weight is 299 g/mol. The Morgan fingerprint density at radius 3 is 2.73 bits per heavy atom. The van der Waals surface area contributed by atoms with Crippen LogP contribution in [0.15, 0.2) is 45.2 Å². The summed E-state index contributed by atoms with van der Waals surface area (Å²) in [6.07, 6.45) is 7.12. The van der Waals surface area contributed by atoms with E-state index in [9.17, 15) is 9.59 Å². The standard InChI is InChI=1S/C16H17N3O3/c20-14(10-11-4-2-1-3-5-11)17-13-8-6-12(7-9-13)15-18-16(21)22-19-15/h4,6-9H,1-3,5,10H2,(H,17,20)(H,18,19,21). The second kappa shape index (κ2) is 6.43. The van der Waals surface area contributed by atoms with Crippen LogP contribution < -0.4 is 11.1 Å². The molecule has 2 N–H and O–H groups in total. The Hall–Kier alpha value is -2.63.